The Morgan fingerprint density at radius 1 is 1.37 bits per heavy atom. The van der Waals surface area contributed by atoms with Crippen LogP contribution in [0.3, 0.4) is 0 Å². The molecule has 19 heavy (non-hydrogen) atoms. The first-order chi connectivity index (χ1) is 9.10. The molecule has 0 unspecified atom stereocenters. The van der Waals surface area contributed by atoms with Crippen LogP contribution in [0.5, 0.6) is 11.9 Å². The summed E-state index contributed by atoms with van der Waals surface area (Å²) in [6, 6.07) is 2.36. The molecule has 0 saturated heterocycles. The zero-order valence-corrected chi connectivity index (χ0v) is 11.8. The van der Waals surface area contributed by atoms with Gasteiger partial charge in [0.1, 0.15) is 6.33 Å². The molecular weight excluding hydrogens is 242 g/mol. The number of pyridine rings is 1. The van der Waals surface area contributed by atoms with E-state index in [1.54, 1.807) is 18.1 Å². The Bertz CT molecular complexity index is 564. The van der Waals surface area contributed by atoms with Crippen molar-refractivity contribution in [1.82, 2.24) is 25.1 Å². The predicted octanol–water partition coefficient (Wildman–Crippen LogP) is 1.73. The first-order valence-electron chi connectivity index (χ1n) is 6.31. The van der Waals surface area contributed by atoms with Crippen LogP contribution >= 0.6 is 0 Å². The maximum Gasteiger partial charge on any atom is 0.342 e. The molecule has 2 heterocycles. The van der Waals surface area contributed by atoms with Crippen LogP contribution in [0.25, 0.3) is 0 Å². The molecule has 0 aliphatic rings. The summed E-state index contributed by atoms with van der Waals surface area (Å²) in [7, 11) is 1.80. The van der Waals surface area contributed by atoms with Crippen molar-refractivity contribution in [1.29, 1.82) is 0 Å². The molecule has 6 heteroatoms. The van der Waals surface area contributed by atoms with Gasteiger partial charge in [0, 0.05) is 24.8 Å². The third-order valence-corrected chi connectivity index (χ3v) is 2.76. The SMILES string of the molecule is CCNCc1c(C)cc(C)nc1Oc1ncn(C)n1. The highest BCUT2D eigenvalue weighted by molar-refractivity contribution is 5.37. The maximum atomic E-state index is 5.69. The second-order valence-corrected chi connectivity index (χ2v) is 4.45. The first kappa shape index (κ1) is 13.5. The van der Waals surface area contributed by atoms with Crippen molar-refractivity contribution in [3.8, 4) is 11.9 Å². The molecule has 6 nitrogen and oxygen atoms in total. The van der Waals surface area contributed by atoms with Crippen molar-refractivity contribution in [2.45, 2.75) is 27.3 Å². The fourth-order valence-electron chi connectivity index (χ4n) is 1.83. The lowest BCUT2D eigenvalue weighted by Crippen LogP contribution is -2.14. The second kappa shape index (κ2) is 5.79. The second-order valence-electron chi connectivity index (χ2n) is 4.45. The molecule has 0 fully saturated rings. The summed E-state index contributed by atoms with van der Waals surface area (Å²) in [5, 5.41) is 7.40. The van der Waals surface area contributed by atoms with Crippen molar-refractivity contribution in [2.75, 3.05) is 6.54 Å². The van der Waals surface area contributed by atoms with Crippen molar-refractivity contribution in [2.24, 2.45) is 7.05 Å². The van der Waals surface area contributed by atoms with Gasteiger partial charge < -0.3 is 10.1 Å². The summed E-state index contributed by atoms with van der Waals surface area (Å²) in [4.78, 5) is 8.50. The van der Waals surface area contributed by atoms with Gasteiger partial charge in [-0.2, -0.15) is 4.98 Å². The molecule has 2 rings (SSSR count). The van der Waals surface area contributed by atoms with Crippen molar-refractivity contribution < 1.29 is 4.74 Å². The average molecular weight is 261 g/mol. The predicted molar refractivity (Wildman–Crippen MR) is 72.2 cm³/mol. The first-order valence-corrected chi connectivity index (χ1v) is 6.31. The zero-order chi connectivity index (χ0) is 13.8. The van der Waals surface area contributed by atoms with Crippen LogP contribution in [0.4, 0.5) is 0 Å². The molecule has 0 aliphatic heterocycles. The number of rotatable bonds is 5. The number of aromatic nitrogens is 4. The van der Waals surface area contributed by atoms with E-state index in [4.69, 9.17) is 4.74 Å². The van der Waals surface area contributed by atoms with Crippen LogP contribution in [0.2, 0.25) is 0 Å². The van der Waals surface area contributed by atoms with E-state index in [9.17, 15) is 0 Å². The summed E-state index contributed by atoms with van der Waals surface area (Å²) >= 11 is 0. The summed E-state index contributed by atoms with van der Waals surface area (Å²) in [5.41, 5.74) is 3.11. The number of nitrogens with zero attached hydrogens (tertiary/aromatic N) is 4. The molecule has 2 aromatic heterocycles. The third kappa shape index (κ3) is 3.29. The van der Waals surface area contributed by atoms with Gasteiger partial charge in [-0.1, -0.05) is 6.92 Å². The Morgan fingerprint density at radius 3 is 2.79 bits per heavy atom. The lowest BCUT2D eigenvalue weighted by molar-refractivity contribution is 0.413. The molecule has 2 aromatic rings. The van der Waals surface area contributed by atoms with Crippen LogP contribution in [0.15, 0.2) is 12.4 Å². The monoisotopic (exact) mass is 261 g/mol. The highest BCUT2D eigenvalue weighted by atomic mass is 16.5. The van der Waals surface area contributed by atoms with E-state index in [2.05, 4.69) is 34.2 Å². The van der Waals surface area contributed by atoms with Gasteiger partial charge in [-0.15, -0.1) is 5.10 Å². The van der Waals surface area contributed by atoms with Crippen LogP contribution in [0.1, 0.15) is 23.7 Å². The molecule has 0 radical (unpaired) electrons. The molecule has 0 spiro atoms. The number of hydrogen-bond acceptors (Lipinski definition) is 5. The van der Waals surface area contributed by atoms with Crippen LogP contribution in [-0.2, 0) is 13.6 Å². The quantitative estimate of drug-likeness (QED) is 0.888. The van der Waals surface area contributed by atoms with Crippen LogP contribution in [0, 0.1) is 13.8 Å². The van der Waals surface area contributed by atoms with Crippen LogP contribution in [-0.4, -0.2) is 26.3 Å². The van der Waals surface area contributed by atoms with Crippen molar-refractivity contribution in [3.63, 3.8) is 0 Å². The molecular formula is C13H19N5O. The fraction of sp³-hybridized carbons (Fsp3) is 0.462. The van der Waals surface area contributed by atoms with Crippen LogP contribution < -0.4 is 10.1 Å². The Morgan fingerprint density at radius 2 is 2.16 bits per heavy atom. The minimum absolute atomic E-state index is 0.317. The smallest absolute Gasteiger partial charge is 0.342 e. The molecule has 0 saturated carbocycles. The van der Waals surface area contributed by atoms with Crippen molar-refractivity contribution in [3.05, 3.63) is 29.2 Å². The van der Waals surface area contributed by atoms with Gasteiger partial charge in [-0.05, 0) is 32.0 Å². The fourth-order valence-corrected chi connectivity index (χ4v) is 1.83. The Balaban J connectivity index is 2.31. The standard InChI is InChI=1S/C13H19N5O/c1-5-14-7-11-9(2)6-10(3)16-12(11)19-13-15-8-18(4)17-13/h6,8,14H,5,7H2,1-4H3. The zero-order valence-electron chi connectivity index (χ0n) is 11.8. The largest absolute Gasteiger partial charge is 0.404 e. The van der Waals surface area contributed by atoms with Crippen molar-refractivity contribution >= 4 is 0 Å². The van der Waals surface area contributed by atoms with Gasteiger partial charge in [-0.25, -0.2) is 4.98 Å². The molecule has 0 bridgehead atoms. The van der Waals surface area contributed by atoms with Gasteiger partial charge >= 0.3 is 6.01 Å². The van der Waals surface area contributed by atoms with Gasteiger partial charge in [0.05, 0.1) is 0 Å². The van der Waals surface area contributed by atoms with E-state index in [0.29, 0.717) is 11.9 Å². The molecule has 1 N–H and O–H groups in total. The summed E-state index contributed by atoms with van der Waals surface area (Å²) in [5.74, 6) is 0.574. The molecule has 0 aromatic carbocycles. The molecule has 0 aliphatic carbocycles. The number of aryl methyl sites for hydroxylation is 3. The maximum absolute atomic E-state index is 5.69. The topological polar surface area (TPSA) is 64.9 Å². The average Bonchev–Trinajstić information content (AvgIpc) is 2.73. The lowest BCUT2D eigenvalue weighted by Gasteiger charge is -2.12. The Kier molecular flexibility index (Phi) is 4.11. The number of ether oxygens (including phenoxy) is 1. The van der Waals surface area contributed by atoms with Gasteiger partial charge in [-0.3, -0.25) is 4.68 Å². The Labute approximate surface area is 112 Å². The normalized spacial score (nSPS) is 10.7. The van der Waals surface area contributed by atoms with E-state index < -0.39 is 0 Å². The van der Waals surface area contributed by atoms with E-state index >= 15 is 0 Å². The number of nitrogens with one attached hydrogen (secondary N) is 1. The summed E-state index contributed by atoms with van der Waals surface area (Å²) < 4.78 is 7.29. The van der Waals surface area contributed by atoms with Gasteiger partial charge in [0.25, 0.3) is 0 Å². The minimum atomic E-state index is 0.317. The highest BCUT2D eigenvalue weighted by Crippen LogP contribution is 2.24. The number of hydrogen-bond donors (Lipinski definition) is 1. The molecule has 0 amide bonds. The van der Waals surface area contributed by atoms with E-state index in [1.807, 2.05) is 13.0 Å². The highest BCUT2D eigenvalue weighted by Gasteiger charge is 2.12. The Hall–Kier alpha value is -1.95. The summed E-state index contributed by atoms with van der Waals surface area (Å²) in [6.45, 7) is 7.69. The summed E-state index contributed by atoms with van der Waals surface area (Å²) in [6.07, 6.45) is 1.60. The van der Waals surface area contributed by atoms with E-state index in [-0.39, 0.29) is 0 Å². The van der Waals surface area contributed by atoms with E-state index in [1.165, 1.54) is 0 Å². The van der Waals surface area contributed by atoms with E-state index in [0.717, 1.165) is 29.9 Å². The van der Waals surface area contributed by atoms with Gasteiger partial charge in [0.2, 0.25) is 5.88 Å². The molecule has 102 valence electrons. The third-order valence-electron chi connectivity index (χ3n) is 2.76. The van der Waals surface area contributed by atoms with Gasteiger partial charge in [0.15, 0.2) is 0 Å². The lowest BCUT2D eigenvalue weighted by atomic mass is 10.1. The minimum Gasteiger partial charge on any atom is -0.404 e. The molecule has 0 atom stereocenters.